The maximum atomic E-state index is 12.6. The number of carbonyl (C=O) groups excluding carboxylic acids is 1. The van der Waals surface area contributed by atoms with Crippen LogP contribution >= 0.6 is 0 Å². The van der Waals surface area contributed by atoms with E-state index in [0.717, 1.165) is 31.3 Å². The Kier molecular flexibility index (Phi) is 3.81. The number of hydrogen-bond acceptors (Lipinski definition) is 2. The maximum Gasteiger partial charge on any atom is 0.309 e. The van der Waals surface area contributed by atoms with Crippen LogP contribution in [-0.2, 0) is 9.59 Å². The van der Waals surface area contributed by atoms with Gasteiger partial charge in [-0.25, -0.2) is 0 Å². The summed E-state index contributed by atoms with van der Waals surface area (Å²) in [5.74, 6) is 0.148. The van der Waals surface area contributed by atoms with Gasteiger partial charge in [0, 0.05) is 6.42 Å². The molecule has 0 unspecified atom stereocenters. The van der Waals surface area contributed by atoms with Crippen molar-refractivity contribution >= 4 is 11.8 Å². The lowest BCUT2D eigenvalue weighted by Crippen LogP contribution is -2.53. The summed E-state index contributed by atoms with van der Waals surface area (Å²) < 4.78 is 0. The third kappa shape index (κ3) is 2.31. The van der Waals surface area contributed by atoms with Crippen molar-refractivity contribution in [3.05, 3.63) is 23.3 Å². The van der Waals surface area contributed by atoms with Crippen molar-refractivity contribution in [1.29, 1.82) is 0 Å². The van der Waals surface area contributed by atoms with Crippen LogP contribution in [0.3, 0.4) is 0 Å². The van der Waals surface area contributed by atoms with E-state index in [9.17, 15) is 14.7 Å². The fourth-order valence-electron chi connectivity index (χ4n) is 5.45. The van der Waals surface area contributed by atoms with Crippen LogP contribution in [0.15, 0.2) is 23.3 Å². The van der Waals surface area contributed by atoms with E-state index in [0.29, 0.717) is 6.42 Å². The lowest BCUT2D eigenvalue weighted by Gasteiger charge is -2.56. The summed E-state index contributed by atoms with van der Waals surface area (Å²) in [6, 6.07) is 0. The van der Waals surface area contributed by atoms with Crippen molar-refractivity contribution in [1.82, 2.24) is 0 Å². The van der Waals surface area contributed by atoms with Gasteiger partial charge in [0.1, 0.15) is 0 Å². The summed E-state index contributed by atoms with van der Waals surface area (Å²) >= 11 is 0. The quantitative estimate of drug-likeness (QED) is 0.822. The predicted octanol–water partition coefficient (Wildman–Crippen LogP) is 4.39. The van der Waals surface area contributed by atoms with Gasteiger partial charge in [0.15, 0.2) is 5.78 Å². The molecule has 1 N–H and O–H groups in total. The van der Waals surface area contributed by atoms with Crippen LogP contribution < -0.4 is 0 Å². The first-order valence-corrected chi connectivity index (χ1v) is 8.88. The largest absolute Gasteiger partial charge is 0.481 e. The van der Waals surface area contributed by atoms with E-state index >= 15 is 0 Å². The SMILES string of the molecule is CC(C)C1=CC2=CC[C@H]3[C@](C)(CCC[C@@]3(C)C(=O)O)[C@H]2CC1=O. The molecule has 4 atom stereocenters. The summed E-state index contributed by atoms with van der Waals surface area (Å²) in [5, 5.41) is 9.81. The molecule has 0 aliphatic heterocycles. The average molecular weight is 316 g/mol. The Hall–Kier alpha value is -1.38. The van der Waals surface area contributed by atoms with E-state index in [-0.39, 0.29) is 29.0 Å². The molecule has 1 saturated carbocycles. The first kappa shape index (κ1) is 16.5. The zero-order valence-electron chi connectivity index (χ0n) is 14.7. The van der Waals surface area contributed by atoms with Gasteiger partial charge in [0.05, 0.1) is 5.41 Å². The van der Waals surface area contributed by atoms with Crippen molar-refractivity contribution < 1.29 is 14.7 Å². The number of aliphatic carboxylic acids is 1. The molecule has 0 amide bonds. The summed E-state index contributed by atoms with van der Waals surface area (Å²) in [4.78, 5) is 24.5. The number of fused-ring (bicyclic) bond motifs is 3. The third-order valence-electron chi connectivity index (χ3n) is 6.91. The zero-order chi connectivity index (χ0) is 17.0. The number of allylic oxidation sites excluding steroid dienone is 4. The Morgan fingerprint density at radius 1 is 1.30 bits per heavy atom. The van der Waals surface area contributed by atoms with E-state index in [1.54, 1.807) is 0 Å². The van der Waals surface area contributed by atoms with E-state index in [1.165, 1.54) is 5.57 Å². The first-order chi connectivity index (χ1) is 10.7. The number of carboxylic acid groups (broad SMARTS) is 1. The normalized spacial score (nSPS) is 40.1. The summed E-state index contributed by atoms with van der Waals surface area (Å²) in [5.41, 5.74) is 1.47. The molecule has 0 heterocycles. The number of ketones is 1. The third-order valence-corrected chi connectivity index (χ3v) is 6.91. The smallest absolute Gasteiger partial charge is 0.309 e. The molecule has 0 bridgehead atoms. The molecule has 0 spiro atoms. The molecule has 3 aliphatic carbocycles. The monoisotopic (exact) mass is 316 g/mol. The second-order valence-corrected chi connectivity index (χ2v) is 8.51. The number of rotatable bonds is 2. The molecule has 3 nitrogen and oxygen atoms in total. The topological polar surface area (TPSA) is 54.4 Å². The Labute approximate surface area is 138 Å². The highest BCUT2D eigenvalue weighted by atomic mass is 16.4. The van der Waals surface area contributed by atoms with Crippen molar-refractivity contribution in [2.24, 2.45) is 28.6 Å². The highest BCUT2D eigenvalue weighted by Gasteiger charge is 2.57. The van der Waals surface area contributed by atoms with Gasteiger partial charge in [-0.05, 0) is 60.5 Å². The molecule has 23 heavy (non-hydrogen) atoms. The van der Waals surface area contributed by atoms with Gasteiger partial charge in [-0.15, -0.1) is 0 Å². The van der Waals surface area contributed by atoms with E-state index in [4.69, 9.17) is 0 Å². The van der Waals surface area contributed by atoms with Crippen LogP contribution in [0.1, 0.15) is 59.8 Å². The summed E-state index contributed by atoms with van der Waals surface area (Å²) in [7, 11) is 0. The standard InChI is InChI=1S/C20H28O3/c1-12(2)14-10-13-6-7-17-19(3,15(13)11-16(14)21)8-5-9-20(17,4)18(22)23/h6,10,12,15,17H,5,7-9,11H2,1-4H3,(H,22,23)/t15-,17-,19+,20+/m0/s1. The van der Waals surface area contributed by atoms with Gasteiger partial charge >= 0.3 is 5.97 Å². The first-order valence-electron chi connectivity index (χ1n) is 8.88. The van der Waals surface area contributed by atoms with Crippen LogP contribution in [0.2, 0.25) is 0 Å². The molecular formula is C20H28O3. The molecule has 126 valence electrons. The second kappa shape index (κ2) is 5.32. The highest BCUT2D eigenvalue weighted by Crippen LogP contribution is 2.61. The molecular weight excluding hydrogens is 288 g/mol. The molecule has 0 radical (unpaired) electrons. The fourth-order valence-corrected chi connectivity index (χ4v) is 5.45. The van der Waals surface area contributed by atoms with Gasteiger partial charge in [-0.1, -0.05) is 39.3 Å². The molecule has 3 heteroatoms. The number of hydrogen-bond donors (Lipinski definition) is 1. The Balaban J connectivity index is 2.05. The molecule has 3 aliphatic rings. The van der Waals surface area contributed by atoms with E-state index in [2.05, 4.69) is 32.9 Å². The lowest BCUT2D eigenvalue weighted by atomic mass is 9.47. The lowest BCUT2D eigenvalue weighted by molar-refractivity contribution is -0.162. The Morgan fingerprint density at radius 3 is 2.61 bits per heavy atom. The second-order valence-electron chi connectivity index (χ2n) is 8.51. The van der Waals surface area contributed by atoms with Crippen LogP contribution in [0, 0.1) is 28.6 Å². The van der Waals surface area contributed by atoms with Gasteiger partial charge in [-0.2, -0.15) is 0 Å². The van der Waals surface area contributed by atoms with Gasteiger partial charge in [-0.3, -0.25) is 9.59 Å². The van der Waals surface area contributed by atoms with Crippen molar-refractivity contribution in [3.8, 4) is 0 Å². The minimum atomic E-state index is -0.675. The van der Waals surface area contributed by atoms with Crippen molar-refractivity contribution in [3.63, 3.8) is 0 Å². The van der Waals surface area contributed by atoms with Crippen molar-refractivity contribution in [2.75, 3.05) is 0 Å². The Bertz CT molecular complexity index is 612. The number of carbonyl (C=O) groups is 2. The van der Waals surface area contributed by atoms with E-state index < -0.39 is 11.4 Å². The molecule has 1 fully saturated rings. The number of Topliss-reactive ketones (excluding diaryl/α,β-unsaturated/α-hetero) is 1. The molecule has 0 saturated heterocycles. The van der Waals surface area contributed by atoms with Gasteiger partial charge in [0.2, 0.25) is 0 Å². The van der Waals surface area contributed by atoms with Gasteiger partial charge in [0.25, 0.3) is 0 Å². The van der Waals surface area contributed by atoms with Crippen LogP contribution in [-0.4, -0.2) is 16.9 Å². The predicted molar refractivity (Wildman–Crippen MR) is 89.9 cm³/mol. The summed E-state index contributed by atoms with van der Waals surface area (Å²) in [6.45, 7) is 8.29. The molecule has 3 rings (SSSR count). The molecule has 0 aromatic carbocycles. The average Bonchev–Trinajstić information content (AvgIpc) is 2.46. The maximum absolute atomic E-state index is 12.6. The summed E-state index contributed by atoms with van der Waals surface area (Å²) in [6.07, 6.45) is 8.42. The minimum Gasteiger partial charge on any atom is -0.481 e. The van der Waals surface area contributed by atoms with Crippen LogP contribution in [0.25, 0.3) is 0 Å². The zero-order valence-corrected chi connectivity index (χ0v) is 14.7. The van der Waals surface area contributed by atoms with Gasteiger partial charge < -0.3 is 5.11 Å². The fraction of sp³-hybridized carbons (Fsp3) is 0.700. The molecule has 0 aromatic rings. The van der Waals surface area contributed by atoms with Crippen LogP contribution in [0.5, 0.6) is 0 Å². The molecule has 0 aromatic heterocycles. The minimum absolute atomic E-state index is 0.0792. The number of carboxylic acids is 1. The van der Waals surface area contributed by atoms with Crippen molar-refractivity contribution in [2.45, 2.75) is 59.8 Å². The highest BCUT2D eigenvalue weighted by molar-refractivity contribution is 5.98. The van der Waals surface area contributed by atoms with E-state index in [1.807, 2.05) is 6.92 Å². The Morgan fingerprint density at radius 2 is 2.00 bits per heavy atom. The van der Waals surface area contributed by atoms with Crippen LogP contribution in [0.4, 0.5) is 0 Å².